The maximum absolute atomic E-state index is 11.8. The molecule has 0 atom stereocenters. The fourth-order valence-electron chi connectivity index (χ4n) is 0.214. The molecule has 0 rings (SSSR count). The molecule has 0 saturated carbocycles. The van der Waals surface area contributed by atoms with Crippen LogP contribution in [0.25, 0.3) is 0 Å². The maximum Gasteiger partial charge on any atom is 0.409 e. The molecule has 0 amide bonds. The Hall–Kier alpha value is 1.32. The van der Waals surface area contributed by atoms with Gasteiger partial charge in [-0.25, -0.2) is 8.78 Å². The minimum Gasteiger partial charge on any atom is -0.269 e. The summed E-state index contributed by atoms with van der Waals surface area (Å²) >= 11 is 53.2. The predicted octanol–water partition coefficient (Wildman–Crippen LogP) is 15.2. The molecule has 0 aliphatic rings. The summed E-state index contributed by atoms with van der Waals surface area (Å²) in [4.78, 5) is 0. The molecule has 0 aliphatic heterocycles. The van der Waals surface area contributed by atoms with Crippen molar-refractivity contribution in [3.05, 3.63) is 50.6 Å². The van der Waals surface area contributed by atoms with Crippen LogP contribution in [0.1, 0.15) is 12.8 Å². The van der Waals surface area contributed by atoms with Gasteiger partial charge in [0, 0.05) is 30.7 Å². The Morgan fingerprint density at radius 2 is 0.652 bits per heavy atom. The van der Waals surface area contributed by atoms with Gasteiger partial charge in [0.05, 0.1) is 0 Å². The summed E-state index contributed by atoms with van der Waals surface area (Å²) in [6, 6.07) is 0. The molecule has 0 aromatic heterocycles. The van der Waals surface area contributed by atoms with Crippen molar-refractivity contribution in [3.63, 3.8) is 0 Å². The Balaban J connectivity index is -0.0000000215. The molecular weight excluding hydrogens is 946 g/mol. The highest BCUT2D eigenvalue weighted by Gasteiger charge is 2.22. The summed E-state index contributed by atoms with van der Waals surface area (Å²) in [5.41, 5.74) is 0. The molecule has 296 valence electrons. The van der Waals surface area contributed by atoms with Gasteiger partial charge in [-0.3, -0.25) is 32.9 Å². The zero-order valence-corrected chi connectivity index (χ0v) is 30.9. The van der Waals surface area contributed by atoms with Crippen molar-refractivity contribution in [1.29, 1.82) is 0 Å². The standard InChI is InChI=1S/C3H4Cl3F.C3H3Cl3.C3H4Cl2F2.C3H3Cl2F.C3H3ClF2.C3H3F3.ClH.7FH/c4-2-1-3(5,6)7;1-2-3(4,5)6;4-2-1-3(5,6)7;3*1-2-3(4,5)6;;;;;;;;/h1-2H2;2H,1H2;1-2H2;3*2H,1H2;8*1H. The van der Waals surface area contributed by atoms with Gasteiger partial charge in [-0.05, 0) is 41.4 Å². The van der Waals surface area contributed by atoms with Crippen LogP contribution in [0.5, 0.6) is 0 Å². The van der Waals surface area contributed by atoms with Crippen LogP contribution in [-0.4, -0.2) is 41.7 Å². The monoisotopic (exact) mass is 968 g/mol. The van der Waals surface area contributed by atoms with Gasteiger partial charge in [0.25, 0.3) is 9.17 Å². The van der Waals surface area contributed by atoms with E-state index in [0.29, 0.717) is 6.08 Å². The molecule has 0 saturated heterocycles. The van der Waals surface area contributed by atoms with Crippen molar-refractivity contribution in [1.82, 2.24) is 0 Å². The molecule has 0 N–H and O–H groups in total. The van der Waals surface area contributed by atoms with Crippen molar-refractivity contribution in [2.75, 3.05) is 11.8 Å². The largest absolute Gasteiger partial charge is 0.409 e. The first-order chi connectivity index (χ1) is 16.4. The van der Waals surface area contributed by atoms with Crippen molar-refractivity contribution in [3.8, 4) is 0 Å². The lowest BCUT2D eigenvalue weighted by Gasteiger charge is -2.03. The van der Waals surface area contributed by atoms with Gasteiger partial charge in [-0.2, -0.15) is 30.7 Å². The number of rotatable bonds is 6. The zero-order chi connectivity index (χ0) is 32.7. The molecule has 46 heavy (non-hydrogen) atoms. The van der Waals surface area contributed by atoms with Crippen molar-refractivity contribution < 1.29 is 72.4 Å². The normalized spacial score (nSPS) is 9.48. The van der Waals surface area contributed by atoms with Crippen LogP contribution in [0.2, 0.25) is 0 Å². The first kappa shape index (κ1) is 91.4. The maximum atomic E-state index is 11.8. The van der Waals surface area contributed by atoms with Crippen LogP contribution >= 0.6 is 140 Å². The number of allylic oxidation sites excluding steroid dienone is 4. The molecule has 0 heterocycles. The van der Waals surface area contributed by atoms with E-state index < -0.39 is 36.3 Å². The molecule has 0 unspecified atom stereocenters. The Morgan fingerprint density at radius 3 is 0.652 bits per heavy atom. The lowest BCUT2D eigenvalue weighted by atomic mass is 10.5. The quantitative estimate of drug-likeness (QED) is 0.141. The van der Waals surface area contributed by atoms with Gasteiger partial charge in [0.15, 0.2) is 0 Å². The third kappa shape index (κ3) is 196. The van der Waals surface area contributed by atoms with Crippen LogP contribution in [0.3, 0.4) is 0 Å². The van der Waals surface area contributed by atoms with Gasteiger partial charge in [0.2, 0.25) is 3.79 Å². The van der Waals surface area contributed by atoms with Crippen LogP contribution < -0.4 is 0 Å². The second-order valence-corrected chi connectivity index (χ2v) is 12.0. The zero-order valence-electron chi connectivity index (χ0n) is 21.8. The second kappa shape index (κ2) is 46.3. The third-order valence-corrected chi connectivity index (χ3v) is 3.55. The average Bonchev–Trinajstić information content (AvgIpc) is 2.66. The first-order valence-electron chi connectivity index (χ1n) is 8.43. The fourth-order valence-corrected chi connectivity index (χ4v) is 1.29. The van der Waals surface area contributed by atoms with Crippen LogP contribution in [-0.2, 0) is 0 Å². The number of halogens is 28. The molecule has 0 bridgehead atoms. The highest BCUT2D eigenvalue weighted by atomic mass is 35.6. The van der Waals surface area contributed by atoms with E-state index >= 15 is 0 Å². The van der Waals surface area contributed by atoms with Crippen LogP contribution in [0, 0.1) is 0 Å². The van der Waals surface area contributed by atoms with E-state index in [0.717, 1.165) is 6.08 Å². The van der Waals surface area contributed by atoms with E-state index in [1.807, 2.05) is 0 Å². The lowest BCUT2D eigenvalue weighted by Crippen LogP contribution is -2.04. The molecule has 0 nitrogen and oxygen atoms in total. The molecule has 0 aliphatic carbocycles. The molecule has 0 aromatic carbocycles. The highest BCUT2D eigenvalue weighted by molar-refractivity contribution is 6.68. The van der Waals surface area contributed by atoms with Crippen LogP contribution in [0.15, 0.2) is 50.6 Å². The smallest absolute Gasteiger partial charge is 0.269 e. The molecule has 28 heteroatoms. The Kier molecular flexibility index (Phi) is 92.1. The number of alkyl halides is 20. The van der Waals surface area contributed by atoms with Crippen molar-refractivity contribution >= 4 is 140 Å². The lowest BCUT2D eigenvalue weighted by molar-refractivity contribution is -0.0795. The van der Waals surface area contributed by atoms with E-state index in [2.05, 4.69) is 49.5 Å². The topological polar surface area (TPSA) is 0 Å². The number of hydrogen-bond donors (Lipinski definition) is 0. The third-order valence-electron chi connectivity index (χ3n) is 1.68. The van der Waals surface area contributed by atoms with E-state index in [4.69, 9.17) is 104 Å². The highest BCUT2D eigenvalue weighted by Crippen LogP contribution is 2.27. The summed E-state index contributed by atoms with van der Waals surface area (Å²) in [5, 5.41) is -6.33. The Morgan fingerprint density at radius 1 is 0.457 bits per heavy atom. The summed E-state index contributed by atoms with van der Waals surface area (Å²) in [5.74, 6) is 0.0417. The molecule has 0 fully saturated rings. The van der Waals surface area contributed by atoms with Gasteiger partial charge in [-0.15, -0.1) is 35.6 Å². The summed E-state index contributed by atoms with van der Waals surface area (Å²) in [6.45, 7) is 11.5. The summed E-state index contributed by atoms with van der Waals surface area (Å²) in [6.07, 6.45) is -2.34. The Labute approximate surface area is 315 Å². The average molecular weight is 974 g/mol. The van der Waals surface area contributed by atoms with E-state index in [1.54, 1.807) is 0 Å². The minimum atomic E-state index is -4.19. The van der Waals surface area contributed by atoms with Gasteiger partial charge < -0.3 is 0 Å². The number of hydrogen-bond acceptors (Lipinski definition) is 0. The SMILES string of the molecule is C=CC(Cl)(Cl)Cl.C=CC(F)(Cl)Cl.C=CC(F)(F)Cl.C=CC(F)(F)F.Cl.F.F.F.F.F.F.F.FC(Cl)(Cl)CCCl.FC(F)(Cl)CCCl. The van der Waals surface area contributed by atoms with Gasteiger partial charge >= 0.3 is 16.9 Å². The van der Waals surface area contributed by atoms with Gasteiger partial charge in [0.1, 0.15) is 0 Å². The Bertz CT molecular complexity index is 512. The van der Waals surface area contributed by atoms with Gasteiger partial charge in [-0.1, -0.05) is 108 Å². The van der Waals surface area contributed by atoms with Crippen molar-refractivity contribution in [2.24, 2.45) is 0 Å². The fraction of sp³-hybridized carbons (Fsp3) is 0.556. The van der Waals surface area contributed by atoms with Crippen LogP contribution in [0.4, 0.5) is 72.4 Å². The first-order valence-corrected chi connectivity index (χ1v) is 12.9. The van der Waals surface area contributed by atoms with E-state index in [-0.39, 0.29) is 69.6 Å². The summed E-state index contributed by atoms with van der Waals surface area (Å²) in [7, 11) is 0. The molecule has 0 aromatic rings. The molecule has 0 radical (unpaired) electrons. The molecule has 0 spiro atoms. The van der Waals surface area contributed by atoms with Crippen molar-refractivity contribution in [2.45, 2.75) is 42.7 Å². The van der Waals surface area contributed by atoms with E-state index in [1.165, 1.54) is 6.08 Å². The molecular formula is C18H28Cl12F16. The minimum absolute atomic E-state index is 0. The second-order valence-electron chi connectivity index (χ2n) is 5.09. The van der Waals surface area contributed by atoms with E-state index in [9.17, 15) is 39.5 Å². The summed E-state index contributed by atoms with van der Waals surface area (Å²) < 4.78 is 94.7. The predicted molar refractivity (Wildman–Crippen MR) is 175 cm³/mol.